The van der Waals surface area contributed by atoms with Gasteiger partial charge in [0.15, 0.2) is 0 Å². The Balaban J connectivity index is 2.58. The van der Waals surface area contributed by atoms with Gasteiger partial charge in [-0.3, -0.25) is 4.79 Å². The Morgan fingerprint density at radius 1 is 1.06 bits per heavy atom. The highest BCUT2D eigenvalue weighted by atomic mass is 16.5. The van der Waals surface area contributed by atoms with E-state index in [0.29, 0.717) is 18.4 Å². The zero-order valence-electron chi connectivity index (χ0n) is 9.36. The molecule has 4 nitrogen and oxygen atoms in total. The fourth-order valence-corrected chi connectivity index (χ4v) is 1.27. The Kier molecular flexibility index (Phi) is 4.51. The summed E-state index contributed by atoms with van der Waals surface area (Å²) in [5, 5.41) is 0. The molecule has 0 N–H and O–H groups in total. The molecule has 0 saturated carbocycles. The molecule has 0 saturated heterocycles. The van der Waals surface area contributed by atoms with E-state index in [4.69, 9.17) is 0 Å². The molecule has 86 valence electrons. The summed E-state index contributed by atoms with van der Waals surface area (Å²) < 4.78 is 9.12. The second kappa shape index (κ2) is 5.90. The number of esters is 2. The molecule has 16 heavy (non-hydrogen) atoms. The summed E-state index contributed by atoms with van der Waals surface area (Å²) in [6.45, 7) is 0. The van der Waals surface area contributed by atoms with Crippen LogP contribution in [0.4, 0.5) is 0 Å². The number of hydrogen-bond acceptors (Lipinski definition) is 4. The van der Waals surface area contributed by atoms with Gasteiger partial charge in [0.1, 0.15) is 0 Å². The molecule has 0 amide bonds. The topological polar surface area (TPSA) is 52.6 Å². The van der Waals surface area contributed by atoms with Crippen molar-refractivity contribution in [1.82, 2.24) is 0 Å². The lowest BCUT2D eigenvalue weighted by Crippen LogP contribution is -2.03. The largest absolute Gasteiger partial charge is 0.469 e. The SMILES string of the molecule is COC(=O)CCc1ccc(C(=O)OC)cc1. The average Bonchev–Trinajstić information content (AvgIpc) is 2.35. The van der Waals surface area contributed by atoms with Gasteiger partial charge >= 0.3 is 11.9 Å². The molecular weight excluding hydrogens is 208 g/mol. The maximum Gasteiger partial charge on any atom is 0.337 e. The van der Waals surface area contributed by atoms with E-state index in [0.717, 1.165) is 5.56 Å². The Morgan fingerprint density at radius 2 is 1.69 bits per heavy atom. The first-order chi connectivity index (χ1) is 7.67. The molecule has 0 aliphatic rings. The molecule has 0 bridgehead atoms. The minimum Gasteiger partial charge on any atom is -0.469 e. The molecule has 0 radical (unpaired) electrons. The van der Waals surface area contributed by atoms with Gasteiger partial charge in [-0.15, -0.1) is 0 Å². The summed E-state index contributed by atoms with van der Waals surface area (Å²) in [5.41, 5.74) is 1.49. The Labute approximate surface area is 94.2 Å². The highest BCUT2D eigenvalue weighted by molar-refractivity contribution is 5.89. The summed E-state index contributed by atoms with van der Waals surface area (Å²) in [5.74, 6) is -0.600. The molecule has 0 aromatic heterocycles. The first kappa shape index (κ1) is 12.2. The lowest BCUT2D eigenvalue weighted by atomic mass is 10.1. The summed E-state index contributed by atoms with van der Waals surface area (Å²) >= 11 is 0. The number of benzene rings is 1. The lowest BCUT2D eigenvalue weighted by molar-refractivity contribution is -0.140. The van der Waals surface area contributed by atoms with Crippen LogP contribution >= 0.6 is 0 Å². The fraction of sp³-hybridized carbons (Fsp3) is 0.333. The van der Waals surface area contributed by atoms with Crippen LogP contribution in [0.1, 0.15) is 22.3 Å². The van der Waals surface area contributed by atoms with Crippen LogP contribution in [-0.4, -0.2) is 26.2 Å². The van der Waals surface area contributed by atoms with Crippen molar-refractivity contribution < 1.29 is 19.1 Å². The maximum absolute atomic E-state index is 11.1. The number of rotatable bonds is 4. The summed E-state index contributed by atoms with van der Waals surface area (Å²) in [4.78, 5) is 22.1. The van der Waals surface area contributed by atoms with E-state index in [9.17, 15) is 9.59 Å². The Bertz CT molecular complexity index is 367. The molecule has 0 unspecified atom stereocenters. The Hall–Kier alpha value is -1.84. The minimum atomic E-state index is -0.362. The van der Waals surface area contributed by atoms with Gasteiger partial charge in [-0.05, 0) is 24.1 Å². The van der Waals surface area contributed by atoms with E-state index in [-0.39, 0.29) is 11.9 Å². The van der Waals surface area contributed by atoms with Gasteiger partial charge in [0.05, 0.1) is 19.8 Å². The van der Waals surface area contributed by atoms with Crippen molar-refractivity contribution in [3.8, 4) is 0 Å². The van der Waals surface area contributed by atoms with Crippen LogP contribution in [0.5, 0.6) is 0 Å². The highest BCUT2D eigenvalue weighted by Gasteiger charge is 2.05. The second-order valence-corrected chi connectivity index (χ2v) is 3.26. The van der Waals surface area contributed by atoms with Crippen LogP contribution in [0.3, 0.4) is 0 Å². The number of carbonyl (C=O) groups excluding carboxylic acids is 2. The second-order valence-electron chi connectivity index (χ2n) is 3.26. The molecule has 4 heteroatoms. The monoisotopic (exact) mass is 222 g/mol. The molecule has 0 heterocycles. The molecule has 0 spiro atoms. The summed E-state index contributed by atoms with van der Waals surface area (Å²) in [6.07, 6.45) is 0.947. The van der Waals surface area contributed by atoms with Gasteiger partial charge in [0, 0.05) is 6.42 Å². The van der Waals surface area contributed by atoms with Crippen molar-refractivity contribution >= 4 is 11.9 Å². The quantitative estimate of drug-likeness (QED) is 0.726. The standard InChI is InChI=1S/C12H14O4/c1-15-11(13)8-5-9-3-6-10(7-4-9)12(14)16-2/h3-4,6-7H,5,8H2,1-2H3. The number of ether oxygens (including phenoxy) is 2. The molecule has 0 fully saturated rings. The van der Waals surface area contributed by atoms with Gasteiger partial charge in [-0.1, -0.05) is 12.1 Å². The third kappa shape index (κ3) is 3.38. The van der Waals surface area contributed by atoms with Crippen molar-refractivity contribution in [2.45, 2.75) is 12.8 Å². The van der Waals surface area contributed by atoms with Gasteiger partial charge in [0.2, 0.25) is 0 Å². The smallest absolute Gasteiger partial charge is 0.337 e. The van der Waals surface area contributed by atoms with Gasteiger partial charge in [0.25, 0.3) is 0 Å². The third-order valence-corrected chi connectivity index (χ3v) is 2.22. The van der Waals surface area contributed by atoms with Crippen LogP contribution in [0.2, 0.25) is 0 Å². The first-order valence-corrected chi connectivity index (χ1v) is 4.91. The number of aryl methyl sites for hydroxylation is 1. The van der Waals surface area contributed by atoms with Crippen LogP contribution in [0.15, 0.2) is 24.3 Å². The zero-order chi connectivity index (χ0) is 12.0. The maximum atomic E-state index is 11.1. The zero-order valence-corrected chi connectivity index (χ0v) is 9.36. The van der Waals surface area contributed by atoms with Gasteiger partial charge < -0.3 is 9.47 Å². The van der Waals surface area contributed by atoms with Gasteiger partial charge in [-0.2, -0.15) is 0 Å². The average molecular weight is 222 g/mol. The minimum absolute atomic E-state index is 0.239. The van der Waals surface area contributed by atoms with E-state index in [1.54, 1.807) is 24.3 Å². The molecule has 1 aromatic carbocycles. The number of carbonyl (C=O) groups is 2. The molecule has 0 aliphatic heterocycles. The molecule has 1 aromatic rings. The van der Waals surface area contributed by atoms with Crippen LogP contribution in [0, 0.1) is 0 Å². The van der Waals surface area contributed by atoms with Crippen molar-refractivity contribution in [3.63, 3.8) is 0 Å². The van der Waals surface area contributed by atoms with Crippen molar-refractivity contribution in [2.24, 2.45) is 0 Å². The van der Waals surface area contributed by atoms with Crippen molar-refractivity contribution in [3.05, 3.63) is 35.4 Å². The fourth-order valence-electron chi connectivity index (χ4n) is 1.27. The molecule has 1 rings (SSSR count). The predicted molar refractivity (Wildman–Crippen MR) is 58.1 cm³/mol. The van der Waals surface area contributed by atoms with Crippen molar-refractivity contribution in [2.75, 3.05) is 14.2 Å². The molecule has 0 aliphatic carbocycles. The third-order valence-electron chi connectivity index (χ3n) is 2.22. The predicted octanol–water partition coefficient (Wildman–Crippen LogP) is 1.58. The lowest BCUT2D eigenvalue weighted by Gasteiger charge is -2.02. The van der Waals surface area contributed by atoms with Crippen molar-refractivity contribution in [1.29, 1.82) is 0 Å². The van der Waals surface area contributed by atoms with Crippen LogP contribution in [-0.2, 0) is 20.7 Å². The summed E-state index contributed by atoms with van der Waals surface area (Å²) in [7, 11) is 2.70. The molecule has 0 atom stereocenters. The van der Waals surface area contributed by atoms with E-state index < -0.39 is 0 Å². The Morgan fingerprint density at radius 3 is 2.19 bits per heavy atom. The van der Waals surface area contributed by atoms with Crippen LogP contribution in [0.25, 0.3) is 0 Å². The van der Waals surface area contributed by atoms with E-state index in [2.05, 4.69) is 9.47 Å². The number of hydrogen-bond donors (Lipinski definition) is 0. The van der Waals surface area contributed by atoms with E-state index >= 15 is 0 Å². The molecular formula is C12H14O4. The van der Waals surface area contributed by atoms with E-state index in [1.807, 2.05) is 0 Å². The summed E-state index contributed by atoms with van der Waals surface area (Å²) in [6, 6.07) is 6.96. The highest BCUT2D eigenvalue weighted by Crippen LogP contribution is 2.08. The van der Waals surface area contributed by atoms with E-state index in [1.165, 1.54) is 14.2 Å². The van der Waals surface area contributed by atoms with Crippen LogP contribution < -0.4 is 0 Å². The normalized spacial score (nSPS) is 9.62. The number of methoxy groups -OCH3 is 2. The van der Waals surface area contributed by atoms with Gasteiger partial charge in [-0.25, -0.2) is 4.79 Å². The first-order valence-electron chi connectivity index (χ1n) is 4.91.